The molecule has 118 valence electrons. The van der Waals surface area contributed by atoms with E-state index in [4.69, 9.17) is 5.73 Å². The van der Waals surface area contributed by atoms with Gasteiger partial charge in [0.25, 0.3) is 0 Å². The third kappa shape index (κ3) is 2.95. The summed E-state index contributed by atoms with van der Waals surface area (Å²) in [5, 5.41) is 2.94. The minimum absolute atomic E-state index is 0.0513. The topological polar surface area (TPSA) is 85.1 Å². The Bertz CT molecular complexity index is 722. The van der Waals surface area contributed by atoms with Crippen LogP contribution in [0.15, 0.2) is 48.8 Å². The van der Waals surface area contributed by atoms with E-state index in [1.54, 1.807) is 36.7 Å². The zero-order valence-electron chi connectivity index (χ0n) is 12.8. The quantitative estimate of drug-likeness (QED) is 0.910. The standard InChI is InChI=1S/C18H19N3O2/c19-16(22)13-5-3-7-15(11-13)21-17(23)18(8-1-2-9-18)14-6-4-10-20-12-14/h3-7,10-12H,1-2,8-9H2,(H2,19,22)(H,21,23). The number of pyridine rings is 1. The summed E-state index contributed by atoms with van der Waals surface area (Å²) in [7, 11) is 0. The molecule has 0 spiro atoms. The SMILES string of the molecule is NC(=O)c1cccc(NC(=O)C2(c3cccnc3)CCCC2)c1. The number of nitrogens with two attached hydrogens (primary N) is 1. The number of hydrogen-bond acceptors (Lipinski definition) is 3. The number of aromatic nitrogens is 1. The highest BCUT2D eigenvalue weighted by atomic mass is 16.2. The van der Waals surface area contributed by atoms with Crippen LogP contribution in [-0.4, -0.2) is 16.8 Å². The minimum atomic E-state index is -0.545. The first-order valence-corrected chi connectivity index (χ1v) is 7.74. The first kappa shape index (κ1) is 15.2. The molecule has 2 aromatic rings. The summed E-state index contributed by atoms with van der Waals surface area (Å²) in [5.74, 6) is -0.562. The zero-order valence-corrected chi connectivity index (χ0v) is 12.8. The third-order valence-corrected chi connectivity index (χ3v) is 4.51. The van der Waals surface area contributed by atoms with Gasteiger partial charge in [0.15, 0.2) is 0 Å². The fourth-order valence-corrected chi connectivity index (χ4v) is 3.27. The number of hydrogen-bond donors (Lipinski definition) is 2. The van der Waals surface area contributed by atoms with Gasteiger partial charge in [0.2, 0.25) is 11.8 Å². The number of benzene rings is 1. The first-order chi connectivity index (χ1) is 11.1. The van der Waals surface area contributed by atoms with Crippen molar-refractivity contribution in [2.24, 2.45) is 5.73 Å². The van der Waals surface area contributed by atoms with Crippen LogP contribution in [-0.2, 0) is 10.2 Å². The molecule has 0 radical (unpaired) electrons. The van der Waals surface area contributed by atoms with Crippen LogP contribution in [0.2, 0.25) is 0 Å². The van der Waals surface area contributed by atoms with Gasteiger partial charge in [-0.2, -0.15) is 0 Å². The maximum absolute atomic E-state index is 13.0. The van der Waals surface area contributed by atoms with Crippen molar-refractivity contribution in [2.75, 3.05) is 5.32 Å². The zero-order chi connectivity index (χ0) is 16.3. The van der Waals surface area contributed by atoms with Crippen LogP contribution in [0, 0.1) is 0 Å². The molecule has 2 amide bonds. The molecule has 1 fully saturated rings. The molecule has 23 heavy (non-hydrogen) atoms. The number of nitrogens with one attached hydrogen (secondary N) is 1. The van der Waals surface area contributed by atoms with Crippen molar-refractivity contribution >= 4 is 17.5 Å². The molecule has 1 aromatic carbocycles. The number of carbonyl (C=O) groups excluding carboxylic acids is 2. The second kappa shape index (κ2) is 6.20. The van der Waals surface area contributed by atoms with Crippen LogP contribution in [0.5, 0.6) is 0 Å². The highest BCUT2D eigenvalue weighted by molar-refractivity contribution is 6.01. The van der Waals surface area contributed by atoms with E-state index in [9.17, 15) is 9.59 Å². The lowest BCUT2D eigenvalue weighted by atomic mass is 9.78. The van der Waals surface area contributed by atoms with E-state index in [2.05, 4.69) is 10.3 Å². The first-order valence-electron chi connectivity index (χ1n) is 7.74. The molecule has 5 heteroatoms. The van der Waals surface area contributed by atoms with Gasteiger partial charge in [0, 0.05) is 23.6 Å². The summed E-state index contributed by atoms with van der Waals surface area (Å²) >= 11 is 0. The Balaban J connectivity index is 1.88. The summed E-state index contributed by atoms with van der Waals surface area (Å²) in [4.78, 5) is 28.4. The smallest absolute Gasteiger partial charge is 0.248 e. The van der Waals surface area contributed by atoms with Gasteiger partial charge in [-0.05, 0) is 42.7 Å². The van der Waals surface area contributed by atoms with Crippen molar-refractivity contribution < 1.29 is 9.59 Å². The molecule has 0 unspecified atom stereocenters. The van der Waals surface area contributed by atoms with E-state index >= 15 is 0 Å². The summed E-state index contributed by atoms with van der Waals surface area (Å²) in [6.45, 7) is 0. The molecular formula is C18H19N3O2. The van der Waals surface area contributed by atoms with Crippen LogP contribution in [0.3, 0.4) is 0 Å². The van der Waals surface area contributed by atoms with Gasteiger partial charge in [-0.25, -0.2) is 0 Å². The average molecular weight is 309 g/mol. The lowest BCUT2D eigenvalue weighted by Crippen LogP contribution is -2.38. The molecular weight excluding hydrogens is 290 g/mol. The minimum Gasteiger partial charge on any atom is -0.366 e. The van der Waals surface area contributed by atoms with Crippen LogP contribution in [0.25, 0.3) is 0 Å². The fraction of sp³-hybridized carbons (Fsp3) is 0.278. The number of anilines is 1. The van der Waals surface area contributed by atoms with Gasteiger partial charge in [-0.15, -0.1) is 0 Å². The van der Waals surface area contributed by atoms with Crippen LogP contribution < -0.4 is 11.1 Å². The number of rotatable bonds is 4. The molecule has 0 atom stereocenters. The van der Waals surface area contributed by atoms with Crippen molar-refractivity contribution in [3.05, 3.63) is 59.9 Å². The van der Waals surface area contributed by atoms with Gasteiger partial charge in [-0.3, -0.25) is 14.6 Å². The predicted octanol–water partition coefficient (Wildman–Crippen LogP) is 2.63. The molecule has 0 aliphatic heterocycles. The van der Waals surface area contributed by atoms with Crippen molar-refractivity contribution in [1.29, 1.82) is 0 Å². The van der Waals surface area contributed by atoms with E-state index in [-0.39, 0.29) is 5.91 Å². The Hall–Kier alpha value is -2.69. The van der Waals surface area contributed by atoms with Gasteiger partial charge in [-0.1, -0.05) is 25.0 Å². The maximum Gasteiger partial charge on any atom is 0.248 e. The average Bonchev–Trinajstić information content (AvgIpc) is 3.07. The Morgan fingerprint density at radius 1 is 1.13 bits per heavy atom. The van der Waals surface area contributed by atoms with Crippen LogP contribution in [0.4, 0.5) is 5.69 Å². The lowest BCUT2D eigenvalue weighted by Gasteiger charge is -2.28. The monoisotopic (exact) mass is 309 g/mol. The predicted molar refractivity (Wildman–Crippen MR) is 88.0 cm³/mol. The highest BCUT2D eigenvalue weighted by Gasteiger charge is 2.42. The maximum atomic E-state index is 13.0. The number of nitrogens with zero attached hydrogens (tertiary/aromatic N) is 1. The van der Waals surface area contributed by atoms with E-state index in [1.807, 2.05) is 12.1 Å². The molecule has 3 rings (SSSR count). The van der Waals surface area contributed by atoms with Crippen molar-refractivity contribution in [1.82, 2.24) is 4.98 Å². The fourth-order valence-electron chi connectivity index (χ4n) is 3.27. The summed E-state index contributed by atoms with van der Waals surface area (Å²) in [6.07, 6.45) is 7.12. The highest BCUT2D eigenvalue weighted by Crippen LogP contribution is 2.41. The van der Waals surface area contributed by atoms with E-state index < -0.39 is 11.3 Å². The summed E-state index contributed by atoms with van der Waals surface area (Å²) in [6, 6.07) is 10.5. The Kier molecular flexibility index (Phi) is 4.10. The van der Waals surface area contributed by atoms with Gasteiger partial charge in [0.05, 0.1) is 5.41 Å². The summed E-state index contributed by atoms with van der Waals surface area (Å²) < 4.78 is 0. The van der Waals surface area contributed by atoms with Gasteiger partial charge < -0.3 is 11.1 Å². The molecule has 3 N–H and O–H groups in total. The van der Waals surface area contributed by atoms with E-state index in [1.165, 1.54) is 0 Å². The second-order valence-electron chi connectivity index (χ2n) is 5.93. The van der Waals surface area contributed by atoms with Crippen molar-refractivity contribution in [3.63, 3.8) is 0 Å². The van der Waals surface area contributed by atoms with E-state index in [0.29, 0.717) is 11.3 Å². The molecule has 1 aromatic heterocycles. The Morgan fingerprint density at radius 3 is 2.57 bits per heavy atom. The summed E-state index contributed by atoms with van der Waals surface area (Å²) in [5.41, 5.74) is 6.66. The van der Waals surface area contributed by atoms with Gasteiger partial charge in [0.1, 0.15) is 0 Å². The Labute approximate surface area is 134 Å². The molecule has 0 bridgehead atoms. The molecule has 1 heterocycles. The molecule has 0 saturated heterocycles. The lowest BCUT2D eigenvalue weighted by molar-refractivity contribution is -0.121. The largest absolute Gasteiger partial charge is 0.366 e. The van der Waals surface area contributed by atoms with Crippen molar-refractivity contribution in [3.8, 4) is 0 Å². The molecule has 1 saturated carbocycles. The van der Waals surface area contributed by atoms with Crippen LogP contribution >= 0.6 is 0 Å². The molecule has 5 nitrogen and oxygen atoms in total. The number of amides is 2. The molecule has 1 aliphatic rings. The van der Waals surface area contributed by atoms with Crippen molar-refractivity contribution in [2.45, 2.75) is 31.1 Å². The number of carbonyl (C=O) groups is 2. The Morgan fingerprint density at radius 2 is 1.91 bits per heavy atom. The van der Waals surface area contributed by atoms with E-state index in [0.717, 1.165) is 31.2 Å². The third-order valence-electron chi connectivity index (χ3n) is 4.51. The van der Waals surface area contributed by atoms with Crippen LogP contribution in [0.1, 0.15) is 41.6 Å². The van der Waals surface area contributed by atoms with Gasteiger partial charge >= 0.3 is 0 Å². The normalized spacial score (nSPS) is 16.0. The molecule has 1 aliphatic carbocycles. The number of primary amides is 1. The second-order valence-corrected chi connectivity index (χ2v) is 5.93.